The molecule has 1 aliphatic heterocycles. The fraction of sp³-hybridized carbons (Fsp3) is 1.00. The Morgan fingerprint density at radius 3 is 2.75 bits per heavy atom. The molecule has 2 atom stereocenters. The molecule has 2 unspecified atom stereocenters. The first-order valence-corrected chi connectivity index (χ1v) is 8.43. The molecule has 1 heterocycles. The van der Waals surface area contributed by atoms with Gasteiger partial charge in [0.05, 0.1) is 18.8 Å². The van der Waals surface area contributed by atoms with E-state index in [1.54, 1.807) is 0 Å². The molecule has 20 heavy (non-hydrogen) atoms. The number of ether oxygens (including phenoxy) is 1. The molecular formula is C16H32N2O2. The summed E-state index contributed by atoms with van der Waals surface area (Å²) in [7, 11) is 2.19. The van der Waals surface area contributed by atoms with E-state index in [-0.39, 0.29) is 6.10 Å². The van der Waals surface area contributed by atoms with Crippen molar-refractivity contribution in [3.05, 3.63) is 0 Å². The Hall–Kier alpha value is -0.160. The molecule has 0 aromatic heterocycles. The molecule has 2 rings (SSSR count). The third kappa shape index (κ3) is 6.08. The van der Waals surface area contributed by atoms with Crippen LogP contribution in [-0.4, -0.2) is 62.0 Å². The minimum absolute atomic E-state index is 0.363. The van der Waals surface area contributed by atoms with Crippen LogP contribution in [0.1, 0.15) is 44.9 Å². The maximum atomic E-state index is 9.96. The number of nitrogens with zero attached hydrogens (tertiary/aromatic N) is 1. The Kier molecular flexibility index (Phi) is 7.28. The molecule has 1 saturated carbocycles. The van der Waals surface area contributed by atoms with Crippen LogP contribution in [0.15, 0.2) is 0 Å². The molecule has 0 amide bonds. The summed E-state index contributed by atoms with van der Waals surface area (Å²) in [6, 6.07) is 0. The Morgan fingerprint density at radius 1 is 1.20 bits per heavy atom. The average molecular weight is 284 g/mol. The molecule has 118 valence electrons. The summed E-state index contributed by atoms with van der Waals surface area (Å²) in [5.41, 5.74) is 0. The lowest BCUT2D eigenvalue weighted by Gasteiger charge is -2.30. The van der Waals surface area contributed by atoms with Gasteiger partial charge in [0.1, 0.15) is 0 Å². The standard InChI is InChI=1S/C16H32N2O2/c1-18-9-5-6-14(12-18)10-17-11-15(19)13-20-16-7-3-2-4-8-16/h14-17,19H,2-13H2,1H3. The number of hydrogen-bond donors (Lipinski definition) is 2. The van der Waals surface area contributed by atoms with Crippen LogP contribution in [0.3, 0.4) is 0 Å². The van der Waals surface area contributed by atoms with E-state index < -0.39 is 0 Å². The molecule has 2 N–H and O–H groups in total. The monoisotopic (exact) mass is 284 g/mol. The summed E-state index contributed by atoms with van der Waals surface area (Å²) in [5, 5.41) is 13.4. The predicted octanol–water partition coefficient (Wildman–Crippen LogP) is 1.63. The molecule has 1 aliphatic carbocycles. The zero-order valence-electron chi connectivity index (χ0n) is 13.0. The van der Waals surface area contributed by atoms with E-state index in [0.29, 0.717) is 19.3 Å². The first-order chi connectivity index (χ1) is 9.74. The first-order valence-electron chi connectivity index (χ1n) is 8.43. The predicted molar refractivity (Wildman–Crippen MR) is 81.9 cm³/mol. The highest BCUT2D eigenvalue weighted by Crippen LogP contribution is 2.20. The SMILES string of the molecule is CN1CCCC(CNCC(O)COC2CCCCC2)C1. The van der Waals surface area contributed by atoms with Crippen LogP contribution in [0, 0.1) is 5.92 Å². The lowest BCUT2D eigenvalue weighted by atomic mass is 9.98. The van der Waals surface area contributed by atoms with Gasteiger partial charge >= 0.3 is 0 Å². The fourth-order valence-electron chi connectivity index (χ4n) is 3.43. The minimum atomic E-state index is -0.363. The van der Waals surface area contributed by atoms with E-state index in [2.05, 4.69) is 17.3 Å². The molecule has 2 fully saturated rings. The maximum Gasteiger partial charge on any atom is 0.0897 e. The van der Waals surface area contributed by atoms with Gasteiger partial charge in [-0.3, -0.25) is 0 Å². The Balaban J connectivity index is 1.50. The van der Waals surface area contributed by atoms with E-state index in [9.17, 15) is 5.11 Å². The first kappa shape index (κ1) is 16.2. The number of likely N-dealkylation sites (tertiary alicyclic amines) is 1. The Labute approximate surface area is 123 Å². The molecule has 2 aliphatic rings. The maximum absolute atomic E-state index is 9.96. The highest BCUT2D eigenvalue weighted by Gasteiger charge is 2.18. The van der Waals surface area contributed by atoms with E-state index in [0.717, 1.165) is 12.5 Å². The highest BCUT2D eigenvalue weighted by atomic mass is 16.5. The van der Waals surface area contributed by atoms with Crippen molar-refractivity contribution in [1.29, 1.82) is 0 Å². The van der Waals surface area contributed by atoms with Gasteiger partial charge in [-0.15, -0.1) is 0 Å². The van der Waals surface area contributed by atoms with E-state index in [1.807, 2.05) is 0 Å². The van der Waals surface area contributed by atoms with Crippen LogP contribution in [0.2, 0.25) is 0 Å². The third-order valence-corrected chi connectivity index (χ3v) is 4.61. The molecule has 1 saturated heterocycles. The second-order valence-corrected chi connectivity index (χ2v) is 6.68. The zero-order chi connectivity index (χ0) is 14.2. The highest BCUT2D eigenvalue weighted by molar-refractivity contribution is 4.73. The van der Waals surface area contributed by atoms with Gasteiger partial charge in [-0.05, 0) is 51.7 Å². The van der Waals surface area contributed by atoms with Gasteiger partial charge in [-0.1, -0.05) is 19.3 Å². The molecule has 0 bridgehead atoms. The molecule has 0 spiro atoms. The molecule has 4 nitrogen and oxygen atoms in total. The van der Waals surface area contributed by atoms with Crippen LogP contribution in [0.4, 0.5) is 0 Å². The molecule has 0 aromatic rings. The number of rotatable bonds is 7. The van der Waals surface area contributed by atoms with Crippen molar-refractivity contribution in [3.8, 4) is 0 Å². The van der Waals surface area contributed by atoms with E-state index in [1.165, 1.54) is 58.0 Å². The zero-order valence-corrected chi connectivity index (χ0v) is 13.0. The largest absolute Gasteiger partial charge is 0.389 e. The summed E-state index contributed by atoms with van der Waals surface area (Å²) < 4.78 is 5.81. The van der Waals surface area contributed by atoms with Crippen LogP contribution in [0.5, 0.6) is 0 Å². The number of aliphatic hydroxyl groups is 1. The smallest absolute Gasteiger partial charge is 0.0897 e. The van der Waals surface area contributed by atoms with Gasteiger partial charge in [0.25, 0.3) is 0 Å². The van der Waals surface area contributed by atoms with Crippen LogP contribution < -0.4 is 5.32 Å². The van der Waals surface area contributed by atoms with Gasteiger partial charge in [-0.25, -0.2) is 0 Å². The molecule has 4 heteroatoms. The summed E-state index contributed by atoms with van der Waals surface area (Å²) in [6.45, 7) is 4.58. The van der Waals surface area contributed by atoms with Crippen molar-refractivity contribution in [2.45, 2.75) is 57.2 Å². The van der Waals surface area contributed by atoms with Crippen molar-refractivity contribution in [2.75, 3.05) is 39.8 Å². The lowest BCUT2D eigenvalue weighted by molar-refractivity contribution is -0.0232. The molecule has 0 radical (unpaired) electrons. The van der Waals surface area contributed by atoms with Crippen molar-refractivity contribution in [1.82, 2.24) is 10.2 Å². The fourth-order valence-corrected chi connectivity index (χ4v) is 3.43. The van der Waals surface area contributed by atoms with Crippen molar-refractivity contribution >= 4 is 0 Å². The van der Waals surface area contributed by atoms with Gasteiger partial charge < -0.3 is 20.1 Å². The normalized spacial score (nSPS) is 27.6. The van der Waals surface area contributed by atoms with E-state index in [4.69, 9.17) is 4.74 Å². The van der Waals surface area contributed by atoms with Gasteiger partial charge in [-0.2, -0.15) is 0 Å². The van der Waals surface area contributed by atoms with Crippen LogP contribution >= 0.6 is 0 Å². The van der Waals surface area contributed by atoms with Crippen LogP contribution in [-0.2, 0) is 4.74 Å². The number of hydrogen-bond acceptors (Lipinski definition) is 4. The van der Waals surface area contributed by atoms with Crippen molar-refractivity contribution < 1.29 is 9.84 Å². The number of nitrogens with one attached hydrogen (secondary N) is 1. The quantitative estimate of drug-likeness (QED) is 0.746. The van der Waals surface area contributed by atoms with Gasteiger partial charge in [0.15, 0.2) is 0 Å². The second kappa shape index (κ2) is 8.98. The lowest BCUT2D eigenvalue weighted by Crippen LogP contribution is -2.40. The summed E-state index contributed by atoms with van der Waals surface area (Å²) >= 11 is 0. The Bertz CT molecular complexity index is 257. The van der Waals surface area contributed by atoms with Gasteiger partial charge in [0, 0.05) is 13.1 Å². The summed E-state index contributed by atoms with van der Waals surface area (Å²) in [5.74, 6) is 0.736. The number of piperidine rings is 1. The average Bonchev–Trinajstić information content (AvgIpc) is 2.46. The van der Waals surface area contributed by atoms with Crippen molar-refractivity contribution in [2.24, 2.45) is 5.92 Å². The summed E-state index contributed by atoms with van der Waals surface area (Å²) in [6.07, 6.45) is 8.91. The topological polar surface area (TPSA) is 44.7 Å². The van der Waals surface area contributed by atoms with Crippen molar-refractivity contribution in [3.63, 3.8) is 0 Å². The van der Waals surface area contributed by atoms with E-state index >= 15 is 0 Å². The minimum Gasteiger partial charge on any atom is -0.389 e. The van der Waals surface area contributed by atoms with Crippen LogP contribution in [0.25, 0.3) is 0 Å². The molecule has 0 aromatic carbocycles. The third-order valence-electron chi connectivity index (χ3n) is 4.61. The Morgan fingerprint density at radius 2 is 2.00 bits per heavy atom. The van der Waals surface area contributed by atoms with Gasteiger partial charge in [0.2, 0.25) is 0 Å². The molecular weight excluding hydrogens is 252 g/mol. The summed E-state index contributed by atoms with van der Waals surface area (Å²) in [4.78, 5) is 2.40. The number of aliphatic hydroxyl groups excluding tert-OH is 1. The second-order valence-electron chi connectivity index (χ2n) is 6.68.